The van der Waals surface area contributed by atoms with Crippen molar-refractivity contribution < 1.29 is 4.74 Å². The van der Waals surface area contributed by atoms with Gasteiger partial charge in [-0.05, 0) is 24.9 Å². The molecular weight excluding hydrogens is 174 g/mol. The Labute approximate surface area is 85.3 Å². The monoisotopic (exact) mass is 191 g/mol. The van der Waals surface area contributed by atoms with Crippen molar-refractivity contribution >= 4 is 0 Å². The van der Waals surface area contributed by atoms with E-state index in [4.69, 9.17) is 4.74 Å². The molecule has 2 rings (SSSR count). The lowest BCUT2D eigenvalue weighted by molar-refractivity contribution is 0.394. The molecule has 1 aromatic carbocycles. The van der Waals surface area contributed by atoms with E-state index in [0.717, 1.165) is 12.3 Å². The molecular formula is C12H17NO. The van der Waals surface area contributed by atoms with Crippen molar-refractivity contribution in [3.05, 3.63) is 29.8 Å². The maximum Gasteiger partial charge on any atom is 0.123 e. The van der Waals surface area contributed by atoms with E-state index in [9.17, 15) is 0 Å². The maximum absolute atomic E-state index is 5.37. The lowest BCUT2D eigenvalue weighted by Crippen LogP contribution is -2.17. The molecule has 14 heavy (non-hydrogen) atoms. The summed E-state index contributed by atoms with van der Waals surface area (Å²) < 4.78 is 5.37. The third-order valence-electron chi connectivity index (χ3n) is 3.01. The number of methoxy groups -OCH3 is 1. The molecule has 0 radical (unpaired) electrons. The summed E-state index contributed by atoms with van der Waals surface area (Å²) in [4.78, 5) is 0. The predicted octanol–water partition coefficient (Wildman–Crippen LogP) is 2.37. The first kappa shape index (κ1) is 9.53. The van der Waals surface area contributed by atoms with Gasteiger partial charge in [0.05, 0.1) is 7.11 Å². The van der Waals surface area contributed by atoms with Gasteiger partial charge in [-0.1, -0.05) is 25.1 Å². The van der Waals surface area contributed by atoms with Crippen LogP contribution in [-0.4, -0.2) is 13.7 Å². The minimum Gasteiger partial charge on any atom is -0.496 e. The number of ether oxygens (including phenoxy) is 1. The van der Waals surface area contributed by atoms with E-state index >= 15 is 0 Å². The Morgan fingerprint density at radius 1 is 1.36 bits per heavy atom. The van der Waals surface area contributed by atoms with Crippen molar-refractivity contribution in [1.29, 1.82) is 0 Å². The van der Waals surface area contributed by atoms with E-state index in [1.165, 1.54) is 12.0 Å². The molecule has 2 atom stereocenters. The van der Waals surface area contributed by atoms with Gasteiger partial charge in [-0.2, -0.15) is 0 Å². The van der Waals surface area contributed by atoms with Gasteiger partial charge < -0.3 is 10.1 Å². The Morgan fingerprint density at radius 3 is 2.79 bits per heavy atom. The van der Waals surface area contributed by atoms with Crippen molar-refractivity contribution in [2.24, 2.45) is 5.92 Å². The molecule has 1 fully saturated rings. The van der Waals surface area contributed by atoms with Gasteiger partial charge in [-0.25, -0.2) is 0 Å². The van der Waals surface area contributed by atoms with Gasteiger partial charge in [0.25, 0.3) is 0 Å². The summed E-state index contributed by atoms with van der Waals surface area (Å²) in [6, 6.07) is 8.73. The minimum absolute atomic E-state index is 0.464. The van der Waals surface area contributed by atoms with Gasteiger partial charge in [0, 0.05) is 11.6 Å². The first-order valence-electron chi connectivity index (χ1n) is 5.19. The second kappa shape index (κ2) is 4.01. The molecule has 1 heterocycles. The lowest BCUT2D eigenvalue weighted by Gasteiger charge is -2.18. The number of hydrogen-bond donors (Lipinski definition) is 1. The Bertz CT molecular complexity index is 311. The maximum atomic E-state index is 5.37. The van der Waals surface area contributed by atoms with Crippen LogP contribution in [0.1, 0.15) is 24.9 Å². The molecule has 1 aliphatic heterocycles. The Morgan fingerprint density at radius 2 is 2.14 bits per heavy atom. The molecule has 76 valence electrons. The summed E-state index contributed by atoms with van der Waals surface area (Å²) in [7, 11) is 1.73. The van der Waals surface area contributed by atoms with Crippen LogP contribution < -0.4 is 10.1 Å². The molecule has 0 bridgehead atoms. The highest BCUT2D eigenvalue weighted by atomic mass is 16.5. The summed E-state index contributed by atoms with van der Waals surface area (Å²) in [5.74, 6) is 1.70. The average molecular weight is 191 g/mol. The number of rotatable bonds is 2. The molecule has 0 saturated carbocycles. The van der Waals surface area contributed by atoms with Crippen LogP contribution in [0, 0.1) is 5.92 Å². The molecule has 0 aliphatic carbocycles. The van der Waals surface area contributed by atoms with E-state index < -0.39 is 0 Å². The van der Waals surface area contributed by atoms with Crippen LogP contribution in [0.25, 0.3) is 0 Å². The van der Waals surface area contributed by atoms with Gasteiger partial charge in [0.1, 0.15) is 5.75 Å². The van der Waals surface area contributed by atoms with Gasteiger partial charge in [-0.3, -0.25) is 0 Å². The van der Waals surface area contributed by atoms with Crippen LogP contribution in [0.3, 0.4) is 0 Å². The van der Waals surface area contributed by atoms with Crippen molar-refractivity contribution in [3.8, 4) is 5.75 Å². The number of benzene rings is 1. The number of hydrogen-bond acceptors (Lipinski definition) is 2. The quantitative estimate of drug-likeness (QED) is 0.775. The predicted molar refractivity (Wildman–Crippen MR) is 57.5 cm³/mol. The molecule has 0 amide bonds. The third-order valence-corrected chi connectivity index (χ3v) is 3.01. The summed E-state index contributed by atoms with van der Waals surface area (Å²) in [6.45, 7) is 3.40. The van der Waals surface area contributed by atoms with Crippen molar-refractivity contribution in [3.63, 3.8) is 0 Å². The Balaban J connectivity index is 2.30. The fourth-order valence-corrected chi connectivity index (χ4v) is 2.17. The first-order chi connectivity index (χ1) is 6.83. The fourth-order valence-electron chi connectivity index (χ4n) is 2.17. The van der Waals surface area contributed by atoms with Crippen LogP contribution >= 0.6 is 0 Å². The lowest BCUT2D eigenvalue weighted by atomic mass is 9.95. The molecule has 0 spiro atoms. The molecule has 2 unspecified atom stereocenters. The van der Waals surface area contributed by atoms with Gasteiger partial charge in [-0.15, -0.1) is 0 Å². The summed E-state index contributed by atoms with van der Waals surface area (Å²) in [6.07, 6.45) is 1.25. The average Bonchev–Trinajstić information content (AvgIpc) is 2.64. The van der Waals surface area contributed by atoms with Crippen molar-refractivity contribution in [2.75, 3.05) is 13.7 Å². The van der Waals surface area contributed by atoms with Crippen LogP contribution in [0.4, 0.5) is 0 Å². The van der Waals surface area contributed by atoms with Gasteiger partial charge in [0.15, 0.2) is 0 Å². The molecule has 2 heteroatoms. The largest absolute Gasteiger partial charge is 0.496 e. The highest BCUT2D eigenvalue weighted by Crippen LogP contribution is 2.34. The zero-order valence-electron chi connectivity index (χ0n) is 8.79. The standard InChI is InChI=1S/C12H17NO/c1-9-7-8-13-12(9)10-5-3-4-6-11(10)14-2/h3-6,9,12-13H,7-8H2,1-2H3. The normalized spacial score (nSPS) is 26.4. The van der Waals surface area contributed by atoms with Crippen LogP contribution in [0.15, 0.2) is 24.3 Å². The van der Waals surface area contributed by atoms with Gasteiger partial charge in [0.2, 0.25) is 0 Å². The number of nitrogens with one attached hydrogen (secondary N) is 1. The van der Waals surface area contributed by atoms with E-state index in [0.29, 0.717) is 12.0 Å². The zero-order chi connectivity index (χ0) is 9.97. The third kappa shape index (κ3) is 1.62. The zero-order valence-corrected chi connectivity index (χ0v) is 8.79. The molecule has 2 nitrogen and oxygen atoms in total. The van der Waals surface area contributed by atoms with Crippen LogP contribution in [0.2, 0.25) is 0 Å². The van der Waals surface area contributed by atoms with E-state index in [1.54, 1.807) is 7.11 Å². The minimum atomic E-state index is 0.464. The number of para-hydroxylation sites is 1. The van der Waals surface area contributed by atoms with Gasteiger partial charge >= 0.3 is 0 Å². The molecule has 1 aromatic rings. The highest BCUT2D eigenvalue weighted by molar-refractivity contribution is 5.36. The summed E-state index contributed by atoms with van der Waals surface area (Å²) in [5.41, 5.74) is 1.29. The van der Waals surface area contributed by atoms with Crippen molar-refractivity contribution in [1.82, 2.24) is 5.32 Å². The van der Waals surface area contributed by atoms with E-state index in [1.807, 2.05) is 12.1 Å². The molecule has 1 N–H and O–H groups in total. The smallest absolute Gasteiger partial charge is 0.123 e. The highest BCUT2D eigenvalue weighted by Gasteiger charge is 2.26. The summed E-state index contributed by atoms with van der Waals surface area (Å²) >= 11 is 0. The Hall–Kier alpha value is -1.02. The Kier molecular flexibility index (Phi) is 2.73. The topological polar surface area (TPSA) is 21.3 Å². The summed E-state index contributed by atoms with van der Waals surface area (Å²) in [5, 5.41) is 3.52. The molecule has 1 aliphatic rings. The second-order valence-electron chi connectivity index (χ2n) is 3.94. The van der Waals surface area contributed by atoms with E-state index in [2.05, 4.69) is 24.4 Å². The molecule has 0 aromatic heterocycles. The van der Waals surface area contributed by atoms with E-state index in [-0.39, 0.29) is 0 Å². The molecule has 1 saturated heterocycles. The van der Waals surface area contributed by atoms with Crippen LogP contribution in [-0.2, 0) is 0 Å². The first-order valence-corrected chi connectivity index (χ1v) is 5.19. The SMILES string of the molecule is COc1ccccc1C1NCCC1C. The van der Waals surface area contributed by atoms with Crippen LogP contribution in [0.5, 0.6) is 5.75 Å². The van der Waals surface area contributed by atoms with Crippen molar-refractivity contribution in [2.45, 2.75) is 19.4 Å². The fraction of sp³-hybridized carbons (Fsp3) is 0.500. The second-order valence-corrected chi connectivity index (χ2v) is 3.94.